The van der Waals surface area contributed by atoms with Crippen LogP contribution in [-0.2, 0) is 0 Å². The summed E-state index contributed by atoms with van der Waals surface area (Å²) in [7, 11) is 0. The van der Waals surface area contributed by atoms with E-state index in [2.05, 4.69) is 34.7 Å². The predicted molar refractivity (Wildman–Crippen MR) is 70.0 cm³/mol. The van der Waals surface area contributed by atoms with Crippen LogP contribution >= 0.6 is 0 Å². The number of pyridine rings is 1. The number of hydrogen-bond acceptors (Lipinski definition) is 5. The molecule has 0 saturated carbocycles. The summed E-state index contributed by atoms with van der Waals surface area (Å²) in [5.41, 5.74) is 3.43. The van der Waals surface area contributed by atoms with E-state index in [4.69, 9.17) is 11.7 Å². The van der Waals surface area contributed by atoms with Gasteiger partial charge < -0.3 is 16.6 Å². The van der Waals surface area contributed by atoms with Crippen LogP contribution in [0.15, 0.2) is 29.6 Å². The van der Waals surface area contributed by atoms with Crippen molar-refractivity contribution in [2.45, 2.75) is 26.3 Å². The molecule has 0 aliphatic rings. The zero-order valence-corrected chi connectivity index (χ0v) is 10.2. The first kappa shape index (κ1) is 13.2. The Balaban J connectivity index is 2.77. The summed E-state index contributed by atoms with van der Waals surface area (Å²) >= 11 is 0. The molecule has 0 amide bonds. The Kier molecular flexibility index (Phi) is 5.22. The molecule has 0 aliphatic heterocycles. The predicted octanol–water partition coefficient (Wildman–Crippen LogP) is 0.644. The number of nitrogens with two attached hydrogens (primary N) is 2. The highest BCUT2D eigenvalue weighted by atomic mass is 15.3. The zero-order chi connectivity index (χ0) is 12.7. The molecule has 1 unspecified atom stereocenters. The van der Waals surface area contributed by atoms with Crippen LogP contribution in [0.5, 0.6) is 0 Å². The Morgan fingerprint density at radius 2 is 2.29 bits per heavy atom. The van der Waals surface area contributed by atoms with Gasteiger partial charge in [0.25, 0.3) is 0 Å². The van der Waals surface area contributed by atoms with Crippen molar-refractivity contribution in [3.8, 4) is 0 Å². The van der Waals surface area contributed by atoms with Gasteiger partial charge in [-0.1, -0.05) is 13.8 Å². The number of hydrogen-bond donors (Lipinski definition) is 4. The molecular weight excluding hydrogens is 216 g/mol. The summed E-state index contributed by atoms with van der Waals surface area (Å²) < 4.78 is 0. The number of rotatable bonds is 5. The van der Waals surface area contributed by atoms with Crippen molar-refractivity contribution in [3.63, 3.8) is 0 Å². The maximum atomic E-state index is 5.40. The molecule has 6 nitrogen and oxygen atoms in total. The molecule has 6 heteroatoms. The SMILES string of the molecule is CC(C)CC(Nc1cccnc1)/C(=N/N)NN. The van der Waals surface area contributed by atoms with Crippen molar-refractivity contribution >= 4 is 11.5 Å². The monoisotopic (exact) mass is 236 g/mol. The molecule has 1 heterocycles. The van der Waals surface area contributed by atoms with Crippen LogP contribution in [0.2, 0.25) is 0 Å². The van der Waals surface area contributed by atoms with Gasteiger partial charge in [0.15, 0.2) is 5.84 Å². The molecule has 1 rings (SSSR count). The standard InChI is InChI=1S/C11H20N6/c1-8(2)6-10(11(16-12)17-13)15-9-4-3-5-14-7-9/h3-5,7-8,10,15H,6,12-13H2,1-2H3,(H,16,17). The van der Waals surface area contributed by atoms with E-state index in [9.17, 15) is 0 Å². The molecule has 0 radical (unpaired) electrons. The van der Waals surface area contributed by atoms with E-state index in [-0.39, 0.29) is 6.04 Å². The molecule has 1 atom stereocenters. The van der Waals surface area contributed by atoms with Gasteiger partial charge in [0.05, 0.1) is 11.7 Å². The highest BCUT2D eigenvalue weighted by molar-refractivity contribution is 5.89. The van der Waals surface area contributed by atoms with Gasteiger partial charge in [0.1, 0.15) is 0 Å². The molecule has 0 bridgehead atoms. The molecule has 0 aliphatic carbocycles. The van der Waals surface area contributed by atoms with Gasteiger partial charge in [-0.15, -0.1) is 0 Å². The average molecular weight is 236 g/mol. The van der Waals surface area contributed by atoms with Crippen molar-refractivity contribution in [2.24, 2.45) is 22.7 Å². The van der Waals surface area contributed by atoms with Crippen molar-refractivity contribution < 1.29 is 0 Å². The van der Waals surface area contributed by atoms with Crippen LogP contribution in [0.1, 0.15) is 20.3 Å². The highest BCUT2D eigenvalue weighted by Gasteiger charge is 2.16. The molecular formula is C11H20N6. The Labute approximate surface area is 101 Å². The van der Waals surface area contributed by atoms with Crippen LogP contribution in [-0.4, -0.2) is 16.9 Å². The van der Waals surface area contributed by atoms with Crippen molar-refractivity contribution in [1.82, 2.24) is 10.4 Å². The molecule has 1 aromatic rings. The van der Waals surface area contributed by atoms with Crippen LogP contribution in [0.25, 0.3) is 0 Å². The first-order chi connectivity index (χ1) is 8.17. The summed E-state index contributed by atoms with van der Waals surface area (Å²) in [5, 5.41) is 6.95. The van der Waals surface area contributed by atoms with Gasteiger partial charge in [0.2, 0.25) is 0 Å². The van der Waals surface area contributed by atoms with Gasteiger partial charge in [0, 0.05) is 12.4 Å². The molecule has 0 spiro atoms. The number of nitrogens with zero attached hydrogens (tertiary/aromatic N) is 2. The minimum atomic E-state index is -0.0470. The van der Waals surface area contributed by atoms with Gasteiger partial charge in [-0.25, -0.2) is 5.84 Å². The Hall–Kier alpha value is -1.82. The largest absolute Gasteiger partial charge is 0.374 e. The minimum absolute atomic E-state index is 0.0470. The highest BCUT2D eigenvalue weighted by Crippen LogP contribution is 2.12. The molecule has 0 saturated heterocycles. The molecule has 0 fully saturated rings. The Morgan fingerprint density at radius 1 is 1.53 bits per heavy atom. The quantitative estimate of drug-likeness (QED) is 0.260. The van der Waals surface area contributed by atoms with E-state index in [0.717, 1.165) is 12.1 Å². The second kappa shape index (κ2) is 6.70. The average Bonchev–Trinajstić information content (AvgIpc) is 2.31. The summed E-state index contributed by atoms with van der Waals surface area (Å²) in [5.74, 6) is 11.7. The number of nitrogens with one attached hydrogen (secondary N) is 2. The number of amidine groups is 1. The minimum Gasteiger partial charge on any atom is -0.374 e. The molecule has 0 aromatic carbocycles. The third-order valence-electron chi connectivity index (χ3n) is 2.33. The van der Waals surface area contributed by atoms with E-state index >= 15 is 0 Å². The summed E-state index contributed by atoms with van der Waals surface area (Å²) in [6.07, 6.45) is 4.34. The fraction of sp³-hybridized carbons (Fsp3) is 0.455. The van der Waals surface area contributed by atoms with Crippen molar-refractivity contribution in [1.29, 1.82) is 0 Å². The van der Waals surface area contributed by atoms with E-state index in [1.54, 1.807) is 12.4 Å². The van der Waals surface area contributed by atoms with Gasteiger partial charge in [-0.3, -0.25) is 4.98 Å². The van der Waals surface area contributed by atoms with Gasteiger partial charge >= 0.3 is 0 Å². The maximum absolute atomic E-state index is 5.40. The fourth-order valence-electron chi connectivity index (χ4n) is 1.59. The summed E-state index contributed by atoms with van der Waals surface area (Å²) in [6.45, 7) is 4.26. The number of hydrazine groups is 1. The number of aromatic nitrogens is 1. The van der Waals surface area contributed by atoms with E-state index in [0.29, 0.717) is 11.8 Å². The topological polar surface area (TPSA) is 101 Å². The van der Waals surface area contributed by atoms with Crippen LogP contribution in [0, 0.1) is 5.92 Å². The van der Waals surface area contributed by atoms with Crippen LogP contribution in [0.4, 0.5) is 5.69 Å². The Morgan fingerprint density at radius 3 is 2.76 bits per heavy atom. The van der Waals surface area contributed by atoms with Gasteiger partial charge in [-0.05, 0) is 24.5 Å². The van der Waals surface area contributed by atoms with Crippen LogP contribution < -0.4 is 22.4 Å². The van der Waals surface area contributed by atoms with Crippen LogP contribution in [0.3, 0.4) is 0 Å². The number of anilines is 1. The molecule has 6 N–H and O–H groups in total. The van der Waals surface area contributed by atoms with E-state index < -0.39 is 0 Å². The first-order valence-corrected chi connectivity index (χ1v) is 5.58. The van der Waals surface area contributed by atoms with Crippen molar-refractivity contribution in [2.75, 3.05) is 5.32 Å². The Bertz CT molecular complexity index is 348. The third-order valence-corrected chi connectivity index (χ3v) is 2.33. The number of hydrazone groups is 1. The van der Waals surface area contributed by atoms with E-state index in [1.807, 2.05) is 12.1 Å². The fourth-order valence-corrected chi connectivity index (χ4v) is 1.59. The zero-order valence-electron chi connectivity index (χ0n) is 10.2. The second-order valence-electron chi connectivity index (χ2n) is 4.23. The van der Waals surface area contributed by atoms with E-state index in [1.165, 1.54) is 0 Å². The lowest BCUT2D eigenvalue weighted by molar-refractivity contribution is 0.568. The molecule has 17 heavy (non-hydrogen) atoms. The lowest BCUT2D eigenvalue weighted by atomic mass is 10.0. The normalized spacial score (nSPS) is 13.5. The summed E-state index contributed by atoms with van der Waals surface area (Å²) in [6, 6.07) is 3.75. The summed E-state index contributed by atoms with van der Waals surface area (Å²) in [4.78, 5) is 4.04. The molecule has 94 valence electrons. The molecule has 1 aromatic heterocycles. The lowest BCUT2D eigenvalue weighted by Crippen LogP contribution is -2.44. The first-order valence-electron chi connectivity index (χ1n) is 5.58. The lowest BCUT2D eigenvalue weighted by Gasteiger charge is -2.22. The third kappa shape index (κ3) is 4.28. The second-order valence-corrected chi connectivity index (χ2v) is 4.23. The smallest absolute Gasteiger partial charge is 0.158 e. The van der Waals surface area contributed by atoms with Crippen molar-refractivity contribution in [3.05, 3.63) is 24.5 Å². The van der Waals surface area contributed by atoms with Gasteiger partial charge in [-0.2, -0.15) is 5.10 Å². The maximum Gasteiger partial charge on any atom is 0.158 e.